The Bertz CT molecular complexity index is 5900. The van der Waals surface area contributed by atoms with Crippen molar-refractivity contribution in [3.8, 4) is 34.5 Å². The number of hydrogen-bond donors (Lipinski definition) is 12. The van der Waals surface area contributed by atoms with E-state index in [2.05, 4.69) is 61.4 Å². The van der Waals surface area contributed by atoms with E-state index in [0.717, 1.165) is 109 Å². The molecule has 0 atom stereocenters. The van der Waals surface area contributed by atoms with Gasteiger partial charge in [0.2, 0.25) is 0 Å². The number of carboxylic acids is 12. The molecule has 12 N–H and O–H groups in total. The second kappa shape index (κ2) is 43.5. The molecule has 0 aliphatic rings. The molecule has 42 nitrogen and oxygen atoms in total. The molecule has 13 aromatic rings. The van der Waals surface area contributed by atoms with Crippen molar-refractivity contribution in [2.45, 2.75) is 39.6 Å². The number of benzene rings is 13. The predicted octanol–water partition coefficient (Wildman–Crippen LogP) is 22.0. The summed E-state index contributed by atoms with van der Waals surface area (Å²) < 4.78 is 40.8. The van der Waals surface area contributed by atoms with Gasteiger partial charge in [0.15, 0.2) is 0 Å². The van der Waals surface area contributed by atoms with E-state index in [0.29, 0.717) is 0 Å². The number of hydrogen-bond acceptors (Lipinski definition) is 30. The lowest BCUT2D eigenvalue weighted by molar-refractivity contribution is 0.0676. The van der Waals surface area contributed by atoms with Crippen molar-refractivity contribution in [3.05, 3.63) is 355 Å². The van der Waals surface area contributed by atoms with Crippen LogP contribution in [0.2, 0.25) is 0 Å². The summed E-state index contributed by atoms with van der Waals surface area (Å²) in [4.78, 5) is 145. The minimum atomic E-state index is -1.44. The maximum absolute atomic E-state index is 12.0. The maximum Gasteiger partial charge on any atom is 0.335 e. The number of azo groups is 6. The first-order valence-corrected chi connectivity index (χ1v) is 39.9. The third-order valence-electron chi connectivity index (χ3n) is 19.7. The molecule has 13 rings (SSSR count). The molecule has 0 aliphatic carbocycles. The molecular formula is C96H66N12O30. The van der Waals surface area contributed by atoms with Gasteiger partial charge in [0.05, 0.1) is 135 Å². The van der Waals surface area contributed by atoms with Crippen molar-refractivity contribution >= 4 is 140 Å². The van der Waals surface area contributed by atoms with Crippen molar-refractivity contribution in [1.29, 1.82) is 0 Å². The average Bonchev–Trinajstić information content (AvgIpc) is 0.757. The van der Waals surface area contributed by atoms with Gasteiger partial charge in [0.25, 0.3) is 0 Å². The van der Waals surface area contributed by atoms with Gasteiger partial charge < -0.3 is 89.7 Å². The Hall–Kier alpha value is -20.1. The van der Waals surface area contributed by atoms with Crippen LogP contribution in [0.25, 0.3) is 0 Å². The molecule has 0 aliphatic heterocycles. The van der Waals surface area contributed by atoms with Crippen molar-refractivity contribution in [3.63, 3.8) is 0 Å². The van der Waals surface area contributed by atoms with E-state index in [1.807, 2.05) is 0 Å². The van der Waals surface area contributed by atoms with Crippen LogP contribution in [0.1, 0.15) is 158 Å². The lowest BCUT2D eigenvalue weighted by Crippen LogP contribution is -2.21. The van der Waals surface area contributed by atoms with Gasteiger partial charge in [-0.1, -0.05) is 0 Å². The molecule has 0 saturated heterocycles. The molecule has 0 fully saturated rings. The zero-order chi connectivity index (χ0) is 98.4. The lowest BCUT2D eigenvalue weighted by Gasteiger charge is -2.27. The minimum absolute atomic E-state index is 0.120. The zero-order valence-electron chi connectivity index (χ0n) is 70.6. The Morgan fingerprint density at radius 2 is 0.239 bits per heavy atom. The smallest absolute Gasteiger partial charge is 0.335 e. The number of nitrogens with zero attached hydrogens (tertiary/aromatic N) is 12. The summed E-state index contributed by atoms with van der Waals surface area (Å²) in [5.41, 5.74) is -2.71. The first kappa shape index (κ1) is 95.5. The van der Waals surface area contributed by atoms with Gasteiger partial charge in [-0.3, -0.25) is 0 Å². The molecule has 42 heteroatoms. The van der Waals surface area contributed by atoms with Crippen molar-refractivity contribution in [2.24, 2.45) is 61.4 Å². The first-order valence-electron chi connectivity index (χ1n) is 39.9. The van der Waals surface area contributed by atoms with Crippen LogP contribution in [0.4, 0.5) is 68.2 Å². The fourth-order valence-electron chi connectivity index (χ4n) is 12.9. The van der Waals surface area contributed by atoms with Gasteiger partial charge >= 0.3 is 71.6 Å². The molecular weight excluding hydrogens is 1800 g/mol. The van der Waals surface area contributed by atoms with Crippen molar-refractivity contribution < 1.29 is 147 Å². The topological polar surface area (TPSA) is 651 Å². The summed E-state index contributed by atoms with van der Waals surface area (Å²) in [6.07, 6.45) is 0. The van der Waals surface area contributed by atoms with Gasteiger partial charge in [0, 0.05) is 33.4 Å². The van der Waals surface area contributed by atoms with Crippen molar-refractivity contribution in [2.75, 3.05) is 0 Å². The van der Waals surface area contributed by atoms with Gasteiger partial charge in [-0.05, 0) is 255 Å². The summed E-state index contributed by atoms with van der Waals surface area (Å²) in [7, 11) is 0. The van der Waals surface area contributed by atoms with Gasteiger partial charge in [-0.15, -0.1) is 0 Å². The summed E-state index contributed by atoms with van der Waals surface area (Å²) in [6.45, 7) is -2.68. The largest absolute Gasteiger partial charge is 0.489 e. The number of carboxylic acid groups (broad SMARTS) is 12. The minimum Gasteiger partial charge on any atom is -0.489 e. The quantitative estimate of drug-likeness (QED) is 0.0158. The van der Waals surface area contributed by atoms with E-state index in [4.69, 9.17) is 28.4 Å². The Balaban J connectivity index is 0.984. The van der Waals surface area contributed by atoms with Gasteiger partial charge in [0.1, 0.15) is 74.1 Å². The van der Waals surface area contributed by atoms with Gasteiger partial charge in [-0.2, -0.15) is 61.4 Å². The Kier molecular flexibility index (Phi) is 30.1. The average molecular weight is 1870 g/mol. The SMILES string of the molecule is O=C(O)c1cc(N=Nc2ccc(OCc3c(COc4ccc(N=Nc5cc(C(=O)O)cc(C(=O)O)c5)cc4)c(COc4ccc(N=Nc5cc(C(=O)O)cc(C(=O)O)c5)cc4)c(COc4ccc(N=Nc5cc(C(=O)O)cc(C(=O)O)c5)cc4)c(COc4ccc(N=Nc5cc(C(=O)O)cc(C(=O)O)c5)cc4)c3COc3ccc(N=Nc4cc(C(=O)O)cc(C(=O)O)c4)cc3)cc2)cc(C(=O)O)c1. The summed E-state index contributed by atoms with van der Waals surface area (Å²) >= 11 is 0. The summed E-state index contributed by atoms with van der Waals surface area (Å²) in [5, 5.41) is 168. The second-order valence-corrected chi connectivity index (χ2v) is 29.0. The monoisotopic (exact) mass is 1870 g/mol. The van der Waals surface area contributed by atoms with Crippen LogP contribution in [-0.4, -0.2) is 133 Å². The van der Waals surface area contributed by atoms with Crippen LogP contribution in [0.15, 0.2) is 316 Å². The van der Waals surface area contributed by atoms with E-state index in [1.54, 1.807) is 0 Å². The standard InChI is InChI=1S/C96H66N12O30/c109-85(110)49-25-50(86(111)112)32-67(31-49)103-97-61-1-13-73(14-2-61)133-43-79-80(44-134-74-15-3-62(4-16-74)98-104-68-33-51(87(113)114)26-52(34-68)88(115)116)82(46-136-76-19-7-64(8-20-76)100-106-70-37-55(91(121)122)28-56(38-70)92(123)124)84(48-138-78-23-11-66(12-24-78)102-108-72-41-59(95(129)130)30-60(42-72)96(131)132)83(47-137-77-21-9-65(10-22-77)101-107-71-39-57(93(125)126)29-58(40-71)94(127)128)81(79)45-135-75-17-5-63(6-18-75)99-105-69-35-53(89(117)118)27-54(36-69)90(119)120/h1-42H,43-48H2,(H,109,110)(H,111,112)(H,113,114)(H,115,116)(H,117,118)(H,119,120)(H,121,122)(H,123,124)(H,125,126)(H,127,128)(H,129,130)(H,131,132). The highest BCUT2D eigenvalue weighted by molar-refractivity contribution is 6.00. The van der Waals surface area contributed by atoms with Crippen LogP contribution in [0.3, 0.4) is 0 Å². The van der Waals surface area contributed by atoms with E-state index < -0.39 is 111 Å². The number of rotatable bonds is 42. The summed E-state index contributed by atoms with van der Waals surface area (Å²) in [5.74, 6) is -16.3. The number of aromatic carboxylic acids is 12. The molecule has 0 bridgehead atoms. The summed E-state index contributed by atoms with van der Waals surface area (Å²) in [6, 6.07) is 54.7. The van der Waals surface area contributed by atoms with E-state index in [-0.39, 0.29) is 203 Å². The van der Waals surface area contributed by atoms with Crippen LogP contribution >= 0.6 is 0 Å². The molecule has 690 valence electrons. The molecule has 138 heavy (non-hydrogen) atoms. The zero-order valence-corrected chi connectivity index (χ0v) is 70.6. The molecule has 0 spiro atoms. The first-order chi connectivity index (χ1) is 66.1. The lowest BCUT2D eigenvalue weighted by atomic mass is 9.87. The molecule has 0 heterocycles. The Morgan fingerprint density at radius 1 is 0.145 bits per heavy atom. The van der Waals surface area contributed by atoms with E-state index in [9.17, 15) is 119 Å². The molecule has 0 amide bonds. The number of ether oxygens (including phenoxy) is 6. The fourth-order valence-corrected chi connectivity index (χ4v) is 12.9. The molecule has 0 unspecified atom stereocenters. The highest BCUT2D eigenvalue weighted by Crippen LogP contribution is 2.39. The third-order valence-corrected chi connectivity index (χ3v) is 19.7. The van der Waals surface area contributed by atoms with Crippen LogP contribution < -0.4 is 28.4 Å². The molecule has 0 saturated carbocycles. The number of carbonyl (C=O) groups is 12. The Morgan fingerprint density at radius 3 is 0.333 bits per heavy atom. The van der Waals surface area contributed by atoms with Crippen LogP contribution in [-0.2, 0) is 39.6 Å². The van der Waals surface area contributed by atoms with E-state index >= 15 is 0 Å². The highest BCUT2D eigenvalue weighted by Gasteiger charge is 2.29. The predicted molar refractivity (Wildman–Crippen MR) is 478 cm³/mol. The van der Waals surface area contributed by atoms with Crippen molar-refractivity contribution in [1.82, 2.24) is 0 Å². The van der Waals surface area contributed by atoms with E-state index in [1.165, 1.54) is 146 Å². The molecule has 0 aromatic heterocycles. The van der Waals surface area contributed by atoms with Crippen LogP contribution in [0.5, 0.6) is 34.5 Å². The fraction of sp³-hybridized carbons (Fsp3) is 0.0625. The maximum atomic E-state index is 12.0. The highest BCUT2D eigenvalue weighted by atomic mass is 16.5. The van der Waals surface area contributed by atoms with Crippen LogP contribution in [0, 0.1) is 0 Å². The molecule has 0 radical (unpaired) electrons. The normalized spacial score (nSPS) is 11.3. The Labute approximate surface area is 774 Å². The second-order valence-electron chi connectivity index (χ2n) is 29.0. The third kappa shape index (κ3) is 25.7. The molecule has 13 aromatic carbocycles. The van der Waals surface area contributed by atoms with Gasteiger partial charge in [-0.25, -0.2) is 57.5 Å².